The van der Waals surface area contributed by atoms with Gasteiger partial charge in [0.2, 0.25) is 0 Å². The molecule has 3 saturated carbocycles. The Morgan fingerprint density at radius 2 is 1.55 bits per heavy atom. The van der Waals surface area contributed by atoms with Crippen LogP contribution in [0, 0.1) is 28.6 Å². The number of carbonyl (C=O) groups is 1. The van der Waals surface area contributed by atoms with E-state index in [4.69, 9.17) is 8.85 Å². The summed E-state index contributed by atoms with van der Waals surface area (Å²) in [5.74, 6) is 1.53. The highest BCUT2D eigenvalue weighted by Gasteiger charge is 2.66. The van der Waals surface area contributed by atoms with Crippen LogP contribution in [0.5, 0.6) is 0 Å². The fourth-order valence-electron chi connectivity index (χ4n) is 6.87. The number of hydrogen-bond donors (Lipinski definition) is 0. The zero-order valence-electron chi connectivity index (χ0n) is 23.8. The van der Waals surface area contributed by atoms with Crippen molar-refractivity contribution >= 4 is 22.9 Å². The lowest BCUT2D eigenvalue weighted by Crippen LogP contribution is -2.50. The van der Waals surface area contributed by atoms with Gasteiger partial charge in [0.25, 0.3) is 0 Å². The minimum atomic E-state index is -1.79. The second kappa shape index (κ2) is 8.85. The average molecular weight is 495 g/mol. The minimum absolute atomic E-state index is 0.173. The molecule has 0 bridgehead atoms. The molecule has 6 atom stereocenters. The van der Waals surface area contributed by atoms with Crippen LogP contribution in [0.15, 0.2) is 0 Å². The molecule has 192 valence electrons. The third kappa shape index (κ3) is 4.99. The van der Waals surface area contributed by atoms with Gasteiger partial charge in [-0.2, -0.15) is 0 Å². The number of carbonyl (C=O) groups excluding carboxylic acids is 1. The van der Waals surface area contributed by atoms with E-state index in [0.29, 0.717) is 23.4 Å². The Bertz CT molecular complexity index is 720. The van der Waals surface area contributed by atoms with Crippen LogP contribution in [-0.2, 0) is 13.6 Å². The zero-order valence-corrected chi connectivity index (χ0v) is 25.8. The molecular weight excluding hydrogens is 440 g/mol. The van der Waals surface area contributed by atoms with Gasteiger partial charge in [0.15, 0.2) is 16.6 Å². The van der Waals surface area contributed by atoms with E-state index in [1.165, 1.54) is 38.4 Å². The lowest BCUT2D eigenvalue weighted by atomic mass is 9.60. The third-order valence-electron chi connectivity index (χ3n) is 11.2. The van der Waals surface area contributed by atoms with Gasteiger partial charge in [-0.05, 0) is 97.5 Å². The van der Waals surface area contributed by atoms with Crippen molar-refractivity contribution in [1.82, 2.24) is 0 Å². The molecule has 0 N–H and O–H groups in total. The number of aldehydes is 1. The van der Waals surface area contributed by atoms with Gasteiger partial charge >= 0.3 is 0 Å². The number of rotatable bonds is 8. The van der Waals surface area contributed by atoms with Crippen LogP contribution in [0.1, 0.15) is 93.4 Å². The van der Waals surface area contributed by atoms with E-state index in [-0.39, 0.29) is 21.4 Å². The quantitative estimate of drug-likeness (QED) is 0.252. The second-order valence-electron chi connectivity index (χ2n) is 15.1. The molecule has 0 amide bonds. The lowest BCUT2D eigenvalue weighted by Gasteiger charge is -2.50. The molecule has 3 aliphatic rings. The van der Waals surface area contributed by atoms with Crippen molar-refractivity contribution in [2.45, 2.75) is 136 Å². The van der Waals surface area contributed by atoms with E-state index in [1.807, 2.05) is 0 Å². The Balaban J connectivity index is 1.76. The van der Waals surface area contributed by atoms with Crippen LogP contribution in [-0.4, -0.2) is 35.6 Å². The SMILES string of the molecule is CC(C)(C)[Si](C)(C)OCCC1([C@H]2CC[C@H]3[C@@H](O[Si](C)(C)C(C)(C)C)CCC[C@]23C)CC1C=O. The van der Waals surface area contributed by atoms with Crippen molar-refractivity contribution in [3.63, 3.8) is 0 Å². The fourth-order valence-corrected chi connectivity index (χ4v) is 9.31. The summed E-state index contributed by atoms with van der Waals surface area (Å²) in [6, 6.07) is 0. The van der Waals surface area contributed by atoms with Crippen LogP contribution in [0.4, 0.5) is 0 Å². The summed E-state index contributed by atoms with van der Waals surface area (Å²) in [7, 11) is -3.55. The van der Waals surface area contributed by atoms with Crippen LogP contribution in [0.25, 0.3) is 0 Å². The zero-order chi connectivity index (χ0) is 25.1. The smallest absolute Gasteiger partial charge is 0.192 e. The van der Waals surface area contributed by atoms with E-state index >= 15 is 0 Å². The van der Waals surface area contributed by atoms with Crippen molar-refractivity contribution in [1.29, 1.82) is 0 Å². The summed E-state index contributed by atoms with van der Waals surface area (Å²) in [4.78, 5) is 12.0. The molecule has 0 aromatic rings. The summed E-state index contributed by atoms with van der Waals surface area (Å²) in [5.41, 5.74) is 0.479. The predicted octanol–water partition coefficient (Wildman–Crippen LogP) is 8.21. The summed E-state index contributed by atoms with van der Waals surface area (Å²) < 4.78 is 13.7. The topological polar surface area (TPSA) is 35.5 Å². The lowest BCUT2D eigenvalue weighted by molar-refractivity contribution is -0.110. The highest BCUT2D eigenvalue weighted by Crippen LogP contribution is 2.71. The molecular formula is C28H54O3Si2. The second-order valence-corrected chi connectivity index (χ2v) is 24.7. The molecule has 3 rings (SSSR count). The Morgan fingerprint density at radius 3 is 2.06 bits per heavy atom. The summed E-state index contributed by atoms with van der Waals surface area (Å²) in [6.07, 6.45) is 10.2. The van der Waals surface area contributed by atoms with Crippen LogP contribution in [0.2, 0.25) is 36.3 Å². The van der Waals surface area contributed by atoms with E-state index < -0.39 is 16.6 Å². The van der Waals surface area contributed by atoms with Gasteiger partial charge in [0, 0.05) is 18.6 Å². The molecule has 0 aromatic heterocycles. The third-order valence-corrected chi connectivity index (χ3v) is 20.2. The number of fused-ring (bicyclic) bond motifs is 1. The Hall–Kier alpha value is 0.0238. The molecule has 3 nitrogen and oxygen atoms in total. The average Bonchev–Trinajstić information content (AvgIpc) is 3.23. The Kier molecular flexibility index (Phi) is 7.40. The normalized spacial score (nSPS) is 37.7. The predicted molar refractivity (Wildman–Crippen MR) is 145 cm³/mol. The molecule has 5 heteroatoms. The van der Waals surface area contributed by atoms with Crippen LogP contribution < -0.4 is 0 Å². The van der Waals surface area contributed by atoms with Gasteiger partial charge in [-0.3, -0.25) is 0 Å². The molecule has 0 saturated heterocycles. The van der Waals surface area contributed by atoms with Crippen molar-refractivity contribution < 1.29 is 13.6 Å². The van der Waals surface area contributed by atoms with Gasteiger partial charge < -0.3 is 13.6 Å². The first kappa shape index (κ1) is 27.6. The number of hydrogen-bond acceptors (Lipinski definition) is 3. The van der Waals surface area contributed by atoms with Crippen LogP contribution in [0.3, 0.4) is 0 Å². The van der Waals surface area contributed by atoms with E-state index in [9.17, 15) is 4.79 Å². The molecule has 0 spiro atoms. The van der Waals surface area contributed by atoms with Crippen molar-refractivity contribution in [3.05, 3.63) is 0 Å². The Morgan fingerprint density at radius 1 is 0.939 bits per heavy atom. The summed E-state index contributed by atoms with van der Waals surface area (Å²) >= 11 is 0. The fraction of sp³-hybridized carbons (Fsp3) is 0.964. The minimum Gasteiger partial charge on any atom is -0.417 e. The van der Waals surface area contributed by atoms with Gasteiger partial charge in [-0.15, -0.1) is 0 Å². The largest absolute Gasteiger partial charge is 0.417 e. The van der Waals surface area contributed by atoms with Crippen molar-refractivity contribution in [3.8, 4) is 0 Å². The van der Waals surface area contributed by atoms with Crippen molar-refractivity contribution in [2.24, 2.45) is 28.6 Å². The van der Waals surface area contributed by atoms with Gasteiger partial charge in [0.05, 0.1) is 0 Å². The van der Waals surface area contributed by atoms with Gasteiger partial charge in [-0.25, -0.2) is 0 Å². The molecule has 2 unspecified atom stereocenters. The highest BCUT2D eigenvalue weighted by atomic mass is 28.4. The first-order chi connectivity index (χ1) is 14.9. The Labute approximate surface area is 207 Å². The molecule has 0 heterocycles. The first-order valence-corrected chi connectivity index (χ1v) is 19.5. The molecule has 3 fully saturated rings. The standard InChI is InChI=1S/C28H54O3Si2/c1-25(2,3)32(8,9)30-18-17-28(19-21(28)20-29)24-15-14-22-23(13-12-16-27(22,24)7)31-33(10,11)26(4,5)6/h20-24H,12-19H2,1-11H3/t21?,22-,23-,24-,27-,28?/m0/s1. The van der Waals surface area contributed by atoms with E-state index in [0.717, 1.165) is 19.4 Å². The molecule has 0 radical (unpaired) electrons. The van der Waals surface area contributed by atoms with E-state index in [1.54, 1.807) is 0 Å². The monoisotopic (exact) mass is 494 g/mol. The maximum atomic E-state index is 12.0. The van der Waals surface area contributed by atoms with Crippen LogP contribution >= 0.6 is 0 Å². The van der Waals surface area contributed by atoms with Gasteiger partial charge in [-0.1, -0.05) is 54.9 Å². The van der Waals surface area contributed by atoms with Gasteiger partial charge in [0.1, 0.15) is 6.29 Å². The summed E-state index contributed by atoms with van der Waals surface area (Å²) in [6.45, 7) is 26.9. The van der Waals surface area contributed by atoms with E-state index in [2.05, 4.69) is 74.7 Å². The molecule has 0 aliphatic heterocycles. The molecule has 0 aromatic carbocycles. The molecule has 3 aliphatic carbocycles. The summed E-state index contributed by atoms with van der Waals surface area (Å²) in [5, 5.41) is 0.482. The highest BCUT2D eigenvalue weighted by molar-refractivity contribution is 6.74. The maximum Gasteiger partial charge on any atom is 0.192 e. The molecule has 33 heavy (non-hydrogen) atoms. The maximum absolute atomic E-state index is 12.0. The van der Waals surface area contributed by atoms with Crippen molar-refractivity contribution in [2.75, 3.05) is 6.61 Å². The first-order valence-electron chi connectivity index (χ1n) is 13.7.